The molecule has 0 aliphatic carbocycles. The highest BCUT2D eigenvalue weighted by molar-refractivity contribution is 5.94. The fraction of sp³-hybridized carbons (Fsp3) is 0.250. The van der Waals surface area contributed by atoms with Crippen molar-refractivity contribution in [3.8, 4) is 5.75 Å². The van der Waals surface area contributed by atoms with Gasteiger partial charge < -0.3 is 15.2 Å². The zero-order chi connectivity index (χ0) is 19.1. The molecule has 1 atom stereocenters. The number of ether oxygens (including phenoxy) is 1. The minimum absolute atomic E-state index is 0.0963. The Kier molecular flexibility index (Phi) is 6.49. The zero-order valence-electron chi connectivity index (χ0n) is 14.7. The minimum Gasteiger partial charge on any atom is -0.484 e. The van der Waals surface area contributed by atoms with Crippen LogP contribution < -0.4 is 10.1 Å². The predicted octanol–water partition coefficient (Wildman–Crippen LogP) is 2.91. The summed E-state index contributed by atoms with van der Waals surface area (Å²) in [6.07, 6.45) is -0.226. The molecule has 0 heterocycles. The summed E-state index contributed by atoms with van der Waals surface area (Å²) in [6, 6.07) is 13.2. The molecule has 0 saturated carbocycles. The van der Waals surface area contributed by atoms with Gasteiger partial charge >= 0.3 is 5.97 Å². The van der Waals surface area contributed by atoms with E-state index in [2.05, 4.69) is 5.32 Å². The maximum absolute atomic E-state index is 12.2. The first kappa shape index (κ1) is 19.2. The highest BCUT2D eigenvalue weighted by Crippen LogP contribution is 2.21. The van der Waals surface area contributed by atoms with Crippen LogP contribution in [0.15, 0.2) is 48.5 Å². The van der Waals surface area contributed by atoms with Gasteiger partial charge in [0, 0.05) is 5.56 Å². The van der Waals surface area contributed by atoms with Crippen LogP contribution in [0.4, 0.5) is 0 Å². The molecule has 0 aliphatic rings. The molecule has 2 N–H and O–H groups in total. The van der Waals surface area contributed by atoms with Gasteiger partial charge in [0.05, 0.1) is 12.5 Å². The summed E-state index contributed by atoms with van der Waals surface area (Å²) >= 11 is 0. The van der Waals surface area contributed by atoms with E-state index in [-0.39, 0.29) is 18.8 Å². The number of ketones is 1. The minimum atomic E-state index is -1.01. The van der Waals surface area contributed by atoms with Gasteiger partial charge in [0.1, 0.15) is 5.75 Å². The van der Waals surface area contributed by atoms with Crippen LogP contribution in [0.5, 0.6) is 5.75 Å². The number of carbonyl (C=O) groups excluding carboxylic acids is 2. The number of benzene rings is 2. The zero-order valence-corrected chi connectivity index (χ0v) is 14.7. The van der Waals surface area contributed by atoms with Gasteiger partial charge in [-0.2, -0.15) is 0 Å². The van der Waals surface area contributed by atoms with Crippen molar-refractivity contribution in [1.82, 2.24) is 5.32 Å². The first-order chi connectivity index (χ1) is 12.4. The predicted molar refractivity (Wildman–Crippen MR) is 96.3 cm³/mol. The topological polar surface area (TPSA) is 92.7 Å². The average Bonchev–Trinajstić information content (AvgIpc) is 2.59. The Bertz CT molecular complexity index is 815. The summed E-state index contributed by atoms with van der Waals surface area (Å²) < 4.78 is 5.42. The number of rotatable bonds is 8. The second kappa shape index (κ2) is 8.80. The molecule has 0 aliphatic heterocycles. The SMILES string of the molecule is CC(=O)c1cccc(OCC(=O)NC(CC(=O)O)c2ccccc2C)c1. The molecule has 1 amide bonds. The lowest BCUT2D eigenvalue weighted by Gasteiger charge is -2.19. The molecule has 0 saturated heterocycles. The van der Waals surface area contributed by atoms with Gasteiger partial charge in [0.15, 0.2) is 12.4 Å². The standard InChI is InChI=1S/C20H21NO5/c1-13-6-3-4-9-17(13)18(11-20(24)25)21-19(23)12-26-16-8-5-7-15(10-16)14(2)22/h3-10,18H,11-12H2,1-2H3,(H,21,23)(H,24,25). The van der Waals surface area contributed by atoms with E-state index in [0.717, 1.165) is 11.1 Å². The van der Waals surface area contributed by atoms with E-state index in [1.807, 2.05) is 19.1 Å². The lowest BCUT2D eigenvalue weighted by molar-refractivity contribution is -0.137. The summed E-state index contributed by atoms with van der Waals surface area (Å²) in [6.45, 7) is 3.04. The highest BCUT2D eigenvalue weighted by atomic mass is 16.5. The molecule has 0 aromatic heterocycles. The molecule has 26 heavy (non-hydrogen) atoms. The van der Waals surface area contributed by atoms with Crippen LogP contribution in [-0.4, -0.2) is 29.4 Å². The molecular formula is C20H21NO5. The Morgan fingerprint density at radius 1 is 1.12 bits per heavy atom. The van der Waals surface area contributed by atoms with Crippen molar-refractivity contribution in [2.24, 2.45) is 0 Å². The third-order valence-corrected chi connectivity index (χ3v) is 3.89. The third-order valence-electron chi connectivity index (χ3n) is 3.89. The monoisotopic (exact) mass is 355 g/mol. The fourth-order valence-corrected chi connectivity index (χ4v) is 2.58. The van der Waals surface area contributed by atoms with Crippen LogP contribution >= 0.6 is 0 Å². The molecule has 2 rings (SSSR count). The molecule has 2 aromatic rings. The van der Waals surface area contributed by atoms with Crippen LogP contribution in [0.3, 0.4) is 0 Å². The third kappa shape index (κ3) is 5.44. The van der Waals surface area contributed by atoms with Gasteiger partial charge in [-0.15, -0.1) is 0 Å². The number of hydrogen-bond donors (Lipinski definition) is 2. The number of Topliss-reactive ketones (excluding diaryl/α,β-unsaturated/α-hetero) is 1. The van der Waals surface area contributed by atoms with Crippen molar-refractivity contribution in [1.29, 1.82) is 0 Å². The first-order valence-electron chi connectivity index (χ1n) is 8.17. The summed E-state index contributed by atoms with van der Waals surface area (Å²) in [5.74, 6) is -1.14. The quantitative estimate of drug-likeness (QED) is 0.710. The van der Waals surface area contributed by atoms with E-state index in [1.165, 1.54) is 6.92 Å². The van der Waals surface area contributed by atoms with Gasteiger partial charge in [0.25, 0.3) is 5.91 Å². The molecule has 0 spiro atoms. The maximum atomic E-state index is 12.2. The van der Waals surface area contributed by atoms with Crippen molar-refractivity contribution < 1.29 is 24.2 Å². The van der Waals surface area contributed by atoms with Gasteiger partial charge in [-0.3, -0.25) is 14.4 Å². The molecule has 6 nitrogen and oxygen atoms in total. The van der Waals surface area contributed by atoms with E-state index < -0.39 is 17.9 Å². The van der Waals surface area contributed by atoms with E-state index in [1.54, 1.807) is 36.4 Å². The van der Waals surface area contributed by atoms with Crippen LogP contribution in [0.1, 0.15) is 40.9 Å². The molecule has 6 heteroatoms. The van der Waals surface area contributed by atoms with Crippen LogP contribution in [0.2, 0.25) is 0 Å². The summed E-state index contributed by atoms with van der Waals surface area (Å²) in [4.78, 5) is 34.7. The Morgan fingerprint density at radius 3 is 2.50 bits per heavy atom. The van der Waals surface area contributed by atoms with E-state index >= 15 is 0 Å². The molecule has 1 unspecified atom stereocenters. The summed E-state index contributed by atoms with van der Waals surface area (Å²) in [5.41, 5.74) is 2.14. The largest absolute Gasteiger partial charge is 0.484 e. The summed E-state index contributed by atoms with van der Waals surface area (Å²) in [5, 5.41) is 11.8. The molecule has 0 radical (unpaired) electrons. The number of amides is 1. The number of carbonyl (C=O) groups is 3. The second-order valence-electron chi connectivity index (χ2n) is 5.95. The molecule has 2 aromatic carbocycles. The fourth-order valence-electron chi connectivity index (χ4n) is 2.58. The number of hydrogen-bond acceptors (Lipinski definition) is 4. The molecular weight excluding hydrogens is 334 g/mol. The second-order valence-corrected chi connectivity index (χ2v) is 5.95. The molecule has 0 fully saturated rings. The van der Waals surface area contributed by atoms with E-state index in [4.69, 9.17) is 9.84 Å². The normalized spacial score (nSPS) is 11.5. The number of carboxylic acids is 1. The Hall–Kier alpha value is -3.15. The number of aliphatic carboxylic acids is 1. The van der Waals surface area contributed by atoms with Gasteiger partial charge in [-0.05, 0) is 37.1 Å². The number of aryl methyl sites for hydroxylation is 1. The number of nitrogens with one attached hydrogen (secondary N) is 1. The lowest BCUT2D eigenvalue weighted by atomic mass is 9.99. The van der Waals surface area contributed by atoms with Crippen molar-refractivity contribution >= 4 is 17.7 Å². The van der Waals surface area contributed by atoms with Gasteiger partial charge in [-0.25, -0.2) is 0 Å². The Morgan fingerprint density at radius 2 is 1.85 bits per heavy atom. The summed E-state index contributed by atoms with van der Waals surface area (Å²) in [7, 11) is 0. The number of carboxylic acid groups (broad SMARTS) is 1. The smallest absolute Gasteiger partial charge is 0.305 e. The average molecular weight is 355 g/mol. The van der Waals surface area contributed by atoms with E-state index in [0.29, 0.717) is 11.3 Å². The van der Waals surface area contributed by atoms with Crippen molar-refractivity contribution in [3.63, 3.8) is 0 Å². The molecule has 136 valence electrons. The highest BCUT2D eigenvalue weighted by Gasteiger charge is 2.19. The van der Waals surface area contributed by atoms with Gasteiger partial charge in [-0.1, -0.05) is 36.4 Å². The van der Waals surface area contributed by atoms with Crippen LogP contribution in [0, 0.1) is 6.92 Å². The van der Waals surface area contributed by atoms with Crippen molar-refractivity contribution in [2.75, 3.05) is 6.61 Å². The van der Waals surface area contributed by atoms with Gasteiger partial charge in [0.2, 0.25) is 0 Å². The van der Waals surface area contributed by atoms with E-state index in [9.17, 15) is 14.4 Å². The van der Waals surface area contributed by atoms with Crippen molar-refractivity contribution in [3.05, 3.63) is 65.2 Å². The van der Waals surface area contributed by atoms with Crippen LogP contribution in [0.25, 0.3) is 0 Å². The molecule has 0 bridgehead atoms. The lowest BCUT2D eigenvalue weighted by Crippen LogP contribution is -2.34. The first-order valence-corrected chi connectivity index (χ1v) is 8.17. The Balaban J connectivity index is 2.03. The van der Waals surface area contributed by atoms with Crippen LogP contribution in [-0.2, 0) is 9.59 Å². The Labute approximate surface area is 151 Å². The van der Waals surface area contributed by atoms with Crippen molar-refractivity contribution in [2.45, 2.75) is 26.3 Å². The maximum Gasteiger partial charge on any atom is 0.305 e.